The second-order valence-corrected chi connectivity index (χ2v) is 13.5. The molecule has 0 radical (unpaired) electrons. The van der Waals surface area contributed by atoms with E-state index in [-0.39, 0.29) is 8.89 Å². The van der Waals surface area contributed by atoms with E-state index in [1.165, 1.54) is 139 Å². The summed E-state index contributed by atoms with van der Waals surface area (Å²) >= 11 is 2.77. The van der Waals surface area contributed by atoms with Crippen molar-refractivity contribution in [3.05, 3.63) is 0 Å². The molecule has 2 nitrogen and oxygen atoms in total. The Balaban J connectivity index is 3.30. The third kappa shape index (κ3) is 27.0. The number of thioether (sulfide) groups is 2. The Labute approximate surface area is 216 Å². The van der Waals surface area contributed by atoms with Crippen molar-refractivity contribution in [2.75, 3.05) is 11.5 Å². The average Bonchev–Trinajstić information content (AvgIpc) is 2.79. The third-order valence-electron chi connectivity index (χ3n) is 5.61. The van der Waals surface area contributed by atoms with Gasteiger partial charge in [0.1, 0.15) is 0 Å². The van der Waals surface area contributed by atoms with E-state index in [0.29, 0.717) is 0 Å². The van der Waals surface area contributed by atoms with Gasteiger partial charge in [0.2, 0.25) is 0 Å². The molecule has 0 saturated carbocycles. The van der Waals surface area contributed by atoms with Crippen molar-refractivity contribution in [3.63, 3.8) is 0 Å². The number of hydrogen-bond acceptors (Lipinski definition) is 6. The van der Waals surface area contributed by atoms with Crippen LogP contribution in [-0.2, 0) is 0 Å². The molecule has 0 rings (SSSR count). The largest absolute Gasteiger partial charge is 0.273 e. The molecule has 0 bridgehead atoms. The van der Waals surface area contributed by atoms with E-state index < -0.39 is 0 Å². The van der Waals surface area contributed by atoms with Crippen LogP contribution in [0.3, 0.4) is 0 Å². The maximum atomic E-state index is 11.9. The van der Waals surface area contributed by atoms with Crippen molar-refractivity contribution in [2.45, 2.75) is 142 Å². The van der Waals surface area contributed by atoms with Gasteiger partial charge in [-0.15, -0.1) is 0 Å². The molecule has 0 aromatic heterocycles. The van der Waals surface area contributed by atoms with E-state index in [2.05, 4.69) is 13.8 Å². The fraction of sp³-hybridized carbons (Fsp3) is 0.923. The fourth-order valence-corrected chi connectivity index (χ4v) is 7.54. The molecule has 0 aliphatic rings. The summed E-state index contributed by atoms with van der Waals surface area (Å²) in [6, 6.07) is 0. The predicted molar refractivity (Wildman–Crippen MR) is 155 cm³/mol. The molecule has 0 aliphatic heterocycles. The first-order valence-electron chi connectivity index (χ1n) is 13.4. The first-order valence-corrected chi connectivity index (χ1v) is 17.5. The van der Waals surface area contributed by atoms with Gasteiger partial charge in [-0.05, 0) is 12.8 Å². The predicted octanol–water partition coefficient (Wildman–Crippen LogP) is 11.9. The zero-order valence-corrected chi connectivity index (χ0v) is 24.3. The summed E-state index contributed by atoms with van der Waals surface area (Å²) in [7, 11) is 2.24. The Hall–Kier alpha value is 0.740. The molecule has 32 heavy (non-hydrogen) atoms. The van der Waals surface area contributed by atoms with Crippen LogP contribution in [0.15, 0.2) is 0 Å². The van der Waals surface area contributed by atoms with Crippen LogP contribution in [0.4, 0.5) is 9.59 Å². The summed E-state index contributed by atoms with van der Waals surface area (Å²) in [5.74, 6) is 1.78. The second-order valence-electron chi connectivity index (χ2n) is 8.73. The van der Waals surface area contributed by atoms with Gasteiger partial charge in [0.25, 0.3) is 8.89 Å². The van der Waals surface area contributed by atoms with Crippen LogP contribution in [0.1, 0.15) is 142 Å². The van der Waals surface area contributed by atoms with Gasteiger partial charge in [0.05, 0.1) is 0 Å². The molecule has 0 aromatic carbocycles. The van der Waals surface area contributed by atoms with Gasteiger partial charge < -0.3 is 0 Å². The van der Waals surface area contributed by atoms with Crippen LogP contribution >= 0.6 is 45.1 Å². The fourth-order valence-electron chi connectivity index (χ4n) is 3.61. The Morgan fingerprint density at radius 1 is 0.406 bits per heavy atom. The Bertz CT molecular complexity index is 381. The molecule has 0 amide bonds. The van der Waals surface area contributed by atoms with Crippen molar-refractivity contribution >= 4 is 54.0 Å². The maximum absolute atomic E-state index is 11.9. The van der Waals surface area contributed by atoms with Gasteiger partial charge in [-0.25, -0.2) is 0 Å². The molecule has 0 spiro atoms. The van der Waals surface area contributed by atoms with Crippen LogP contribution in [0.5, 0.6) is 0 Å². The molecule has 0 unspecified atom stereocenters. The molecular formula is C26H50O2S4. The topological polar surface area (TPSA) is 34.1 Å². The minimum atomic E-state index is 0.0822. The highest BCUT2D eigenvalue weighted by atomic mass is 33.1. The van der Waals surface area contributed by atoms with Gasteiger partial charge in [0.15, 0.2) is 0 Å². The normalized spacial score (nSPS) is 11.2. The second kappa shape index (κ2) is 28.0. The summed E-state index contributed by atoms with van der Waals surface area (Å²) in [6.07, 6.45) is 26.4. The van der Waals surface area contributed by atoms with E-state index in [4.69, 9.17) is 0 Å². The average molecular weight is 523 g/mol. The Morgan fingerprint density at radius 3 is 0.938 bits per heavy atom. The Morgan fingerprint density at radius 2 is 0.656 bits per heavy atom. The van der Waals surface area contributed by atoms with Crippen molar-refractivity contribution < 1.29 is 9.59 Å². The number of unbranched alkanes of at least 4 members (excludes halogenated alkanes) is 18. The van der Waals surface area contributed by atoms with Gasteiger partial charge in [0, 0.05) is 33.1 Å². The van der Waals surface area contributed by atoms with Crippen molar-refractivity contribution in [1.82, 2.24) is 0 Å². The quantitative estimate of drug-likeness (QED) is 0.104. The summed E-state index contributed by atoms with van der Waals surface area (Å²) in [4.78, 5) is 23.8. The van der Waals surface area contributed by atoms with Crippen LogP contribution in [0.2, 0.25) is 0 Å². The highest BCUT2D eigenvalue weighted by Gasteiger charge is 2.10. The van der Waals surface area contributed by atoms with E-state index in [1.807, 2.05) is 0 Å². The monoisotopic (exact) mass is 522 g/mol. The maximum Gasteiger partial charge on any atom is 0.257 e. The van der Waals surface area contributed by atoms with Gasteiger partial charge in [-0.3, -0.25) is 9.59 Å². The number of carbonyl (C=O) groups excluding carboxylic acids is 2. The first-order chi connectivity index (χ1) is 15.7. The summed E-state index contributed by atoms with van der Waals surface area (Å²) < 4.78 is 0.164. The highest BCUT2D eigenvalue weighted by molar-refractivity contribution is 8.93. The lowest BCUT2D eigenvalue weighted by Crippen LogP contribution is -1.88. The molecule has 0 saturated heterocycles. The van der Waals surface area contributed by atoms with Gasteiger partial charge in [-0.1, -0.05) is 153 Å². The zero-order valence-electron chi connectivity index (χ0n) is 21.0. The molecule has 0 aliphatic carbocycles. The standard InChI is InChI=1S/C26H50O2S4/c1-3-5-7-9-11-13-15-17-19-21-23-29-25(27)31-32-26(28)30-24-22-20-18-16-14-12-10-8-6-4-2/h3-24H2,1-2H3. The molecule has 6 heteroatoms. The van der Waals surface area contributed by atoms with E-state index >= 15 is 0 Å². The summed E-state index contributed by atoms with van der Waals surface area (Å²) in [6.45, 7) is 4.52. The molecule has 0 aromatic rings. The molecule has 190 valence electrons. The first kappa shape index (κ1) is 32.7. The minimum absolute atomic E-state index is 0.0822. The van der Waals surface area contributed by atoms with Crippen LogP contribution in [-0.4, -0.2) is 20.4 Å². The molecule has 0 heterocycles. The van der Waals surface area contributed by atoms with Crippen molar-refractivity contribution in [3.8, 4) is 0 Å². The molecule has 0 fully saturated rings. The smallest absolute Gasteiger partial charge is 0.257 e. The molecule has 0 N–H and O–H groups in total. The summed E-state index contributed by atoms with van der Waals surface area (Å²) in [5.41, 5.74) is 0. The lowest BCUT2D eigenvalue weighted by molar-refractivity contribution is 0.275. The lowest BCUT2D eigenvalue weighted by atomic mass is 10.1. The number of rotatable bonds is 22. The van der Waals surface area contributed by atoms with Gasteiger partial charge >= 0.3 is 0 Å². The van der Waals surface area contributed by atoms with E-state index in [1.54, 1.807) is 0 Å². The molecular weight excluding hydrogens is 473 g/mol. The lowest BCUT2D eigenvalue weighted by Gasteiger charge is -2.03. The van der Waals surface area contributed by atoms with E-state index in [0.717, 1.165) is 45.9 Å². The minimum Gasteiger partial charge on any atom is -0.273 e. The zero-order chi connectivity index (χ0) is 23.5. The van der Waals surface area contributed by atoms with Crippen molar-refractivity contribution in [1.29, 1.82) is 0 Å². The molecule has 0 atom stereocenters. The SMILES string of the molecule is CCCCCCCCCCCCSC(=O)SSC(=O)SCCCCCCCCCCCC. The van der Waals surface area contributed by atoms with E-state index in [9.17, 15) is 9.59 Å². The highest BCUT2D eigenvalue weighted by Crippen LogP contribution is 2.34. The number of carbonyl (C=O) groups is 2. The number of hydrogen-bond donors (Lipinski definition) is 0. The van der Waals surface area contributed by atoms with Crippen molar-refractivity contribution in [2.24, 2.45) is 0 Å². The van der Waals surface area contributed by atoms with Crippen LogP contribution in [0.25, 0.3) is 0 Å². The van der Waals surface area contributed by atoms with Gasteiger partial charge in [-0.2, -0.15) is 0 Å². The van der Waals surface area contributed by atoms with Crippen LogP contribution in [0, 0.1) is 0 Å². The third-order valence-corrected chi connectivity index (χ3v) is 10.4. The summed E-state index contributed by atoms with van der Waals surface area (Å²) in [5, 5.41) is 0. The van der Waals surface area contributed by atoms with Crippen LogP contribution < -0.4 is 0 Å². The Kier molecular flexibility index (Phi) is 28.6.